The molecule has 1 aromatic rings. The molecular formula is C10H15N3O3S. The number of methoxy groups -OCH3 is 1. The third-order valence-corrected chi connectivity index (χ3v) is 4.23. The largest absolute Gasteiger partial charge is 0.392 e. The van der Waals surface area contributed by atoms with Crippen LogP contribution >= 0.6 is 11.8 Å². The Morgan fingerprint density at radius 3 is 3.18 bits per heavy atom. The molecule has 1 fully saturated rings. The molecule has 0 spiro atoms. The molecule has 3 N–H and O–H groups in total. The highest BCUT2D eigenvalue weighted by Gasteiger charge is 2.35. The van der Waals surface area contributed by atoms with Crippen molar-refractivity contribution in [1.29, 1.82) is 0 Å². The van der Waals surface area contributed by atoms with Crippen molar-refractivity contribution < 1.29 is 9.84 Å². The normalized spacial score (nSPS) is 28.5. The number of aliphatic hydroxyl groups is 1. The molecule has 94 valence electrons. The molecule has 2 heterocycles. The Morgan fingerprint density at radius 1 is 1.76 bits per heavy atom. The lowest BCUT2D eigenvalue weighted by atomic mass is 10.2. The fourth-order valence-corrected chi connectivity index (χ4v) is 3.36. The van der Waals surface area contributed by atoms with Crippen LogP contribution in [0.4, 0.5) is 5.82 Å². The molecule has 2 rings (SSSR count). The van der Waals surface area contributed by atoms with Gasteiger partial charge in [0.05, 0.1) is 23.3 Å². The highest BCUT2D eigenvalue weighted by molar-refractivity contribution is 8.00. The number of rotatable bonds is 3. The van der Waals surface area contributed by atoms with E-state index in [0.29, 0.717) is 13.0 Å². The van der Waals surface area contributed by atoms with Gasteiger partial charge in [0.2, 0.25) is 0 Å². The van der Waals surface area contributed by atoms with Crippen LogP contribution in [-0.4, -0.2) is 39.7 Å². The summed E-state index contributed by atoms with van der Waals surface area (Å²) in [6, 6.07) is 1.58. The van der Waals surface area contributed by atoms with Crippen molar-refractivity contribution in [2.24, 2.45) is 0 Å². The lowest BCUT2D eigenvalue weighted by Crippen LogP contribution is -2.25. The highest BCUT2D eigenvalue weighted by Crippen LogP contribution is 2.40. The summed E-state index contributed by atoms with van der Waals surface area (Å²) < 4.78 is 6.53. The smallest absolute Gasteiger partial charge is 0.350 e. The first-order valence-corrected chi connectivity index (χ1v) is 6.23. The maximum atomic E-state index is 11.6. The minimum Gasteiger partial charge on any atom is -0.392 e. The van der Waals surface area contributed by atoms with Gasteiger partial charge in [-0.1, -0.05) is 0 Å². The Morgan fingerprint density at radius 2 is 2.53 bits per heavy atom. The van der Waals surface area contributed by atoms with E-state index in [-0.39, 0.29) is 22.1 Å². The Balaban J connectivity index is 2.17. The van der Waals surface area contributed by atoms with Gasteiger partial charge in [-0.2, -0.15) is 4.98 Å². The lowest BCUT2D eigenvalue weighted by Gasteiger charge is -2.13. The molecule has 3 atom stereocenters. The maximum Gasteiger partial charge on any atom is 0.350 e. The van der Waals surface area contributed by atoms with Gasteiger partial charge >= 0.3 is 5.69 Å². The van der Waals surface area contributed by atoms with Crippen LogP contribution in [0.3, 0.4) is 0 Å². The van der Waals surface area contributed by atoms with Crippen LogP contribution in [-0.2, 0) is 4.74 Å². The summed E-state index contributed by atoms with van der Waals surface area (Å²) in [7, 11) is 1.59. The standard InChI is InChI=1S/C10H15N3O3S/c1-16-5-7-6(14)4-9(17-7)13-3-2-8(11)12-10(13)15/h2-3,6-7,9,14H,4-5H2,1H3,(H2,11,12,15)/t6-,7-,9-/m1/s1. The topological polar surface area (TPSA) is 90.4 Å². The van der Waals surface area contributed by atoms with Crippen molar-refractivity contribution in [3.05, 3.63) is 22.7 Å². The van der Waals surface area contributed by atoms with E-state index in [1.165, 1.54) is 16.3 Å². The monoisotopic (exact) mass is 257 g/mol. The molecule has 1 saturated heterocycles. The van der Waals surface area contributed by atoms with E-state index in [9.17, 15) is 9.90 Å². The van der Waals surface area contributed by atoms with Crippen LogP contribution in [0.1, 0.15) is 11.8 Å². The van der Waals surface area contributed by atoms with Gasteiger partial charge in [0, 0.05) is 19.7 Å². The van der Waals surface area contributed by atoms with E-state index in [4.69, 9.17) is 10.5 Å². The van der Waals surface area contributed by atoms with Crippen LogP contribution in [0.2, 0.25) is 0 Å². The summed E-state index contributed by atoms with van der Waals surface area (Å²) >= 11 is 1.52. The molecular weight excluding hydrogens is 242 g/mol. The number of ether oxygens (including phenoxy) is 1. The number of nitrogens with two attached hydrogens (primary N) is 1. The third-order valence-electron chi connectivity index (χ3n) is 2.70. The lowest BCUT2D eigenvalue weighted by molar-refractivity contribution is 0.116. The van der Waals surface area contributed by atoms with E-state index in [2.05, 4.69) is 4.98 Å². The number of thioether (sulfide) groups is 1. The fourth-order valence-electron chi connectivity index (χ4n) is 1.85. The van der Waals surface area contributed by atoms with Crippen molar-refractivity contribution in [3.63, 3.8) is 0 Å². The second-order valence-corrected chi connectivity index (χ2v) is 5.35. The molecule has 7 heteroatoms. The van der Waals surface area contributed by atoms with Crippen molar-refractivity contribution in [1.82, 2.24) is 9.55 Å². The molecule has 0 saturated carbocycles. The van der Waals surface area contributed by atoms with E-state index in [0.717, 1.165) is 0 Å². The summed E-state index contributed by atoms with van der Waals surface area (Å²) in [5, 5.41) is 9.73. The molecule has 0 aromatic carbocycles. The summed E-state index contributed by atoms with van der Waals surface area (Å²) in [5.74, 6) is 0.211. The SMILES string of the molecule is COC[C@H]1S[C@@H](n2ccc(N)nc2=O)C[C@H]1O. The van der Waals surface area contributed by atoms with E-state index >= 15 is 0 Å². The number of hydrogen-bond donors (Lipinski definition) is 2. The molecule has 0 radical (unpaired) electrons. The Kier molecular flexibility index (Phi) is 3.70. The van der Waals surface area contributed by atoms with Crippen molar-refractivity contribution in [3.8, 4) is 0 Å². The molecule has 6 nitrogen and oxygen atoms in total. The van der Waals surface area contributed by atoms with Gasteiger partial charge in [0.15, 0.2) is 0 Å². The minimum absolute atomic E-state index is 0.00514. The summed E-state index contributed by atoms with van der Waals surface area (Å²) in [4.78, 5) is 15.3. The fraction of sp³-hybridized carbons (Fsp3) is 0.600. The van der Waals surface area contributed by atoms with Gasteiger partial charge in [0.1, 0.15) is 5.82 Å². The van der Waals surface area contributed by atoms with Crippen LogP contribution in [0.25, 0.3) is 0 Å². The van der Waals surface area contributed by atoms with E-state index in [1.54, 1.807) is 19.4 Å². The molecule has 0 aliphatic carbocycles. The van der Waals surface area contributed by atoms with Crippen molar-refractivity contribution in [2.45, 2.75) is 23.1 Å². The quantitative estimate of drug-likeness (QED) is 0.781. The first-order valence-electron chi connectivity index (χ1n) is 5.29. The average Bonchev–Trinajstić information content (AvgIpc) is 2.60. The molecule has 17 heavy (non-hydrogen) atoms. The zero-order valence-electron chi connectivity index (χ0n) is 9.44. The second kappa shape index (κ2) is 5.07. The zero-order valence-corrected chi connectivity index (χ0v) is 10.3. The van der Waals surface area contributed by atoms with Crippen LogP contribution in [0.15, 0.2) is 17.1 Å². The number of aromatic nitrogens is 2. The third kappa shape index (κ3) is 2.62. The Bertz CT molecular complexity index is 451. The van der Waals surface area contributed by atoms with Gasteiger partial charge < -0.3 is 15.6 Å². The Hall–Kier alpha value is -1.05. The minimum atomic E-state index is -0.464. The van der Waals surface area contributed by atoms with Crippen LogP contribution in [0, 0.1) is 0 Å². The van der Waals surface area contributed by atoms with Crippen LogP contribution in [0.5, 0.6) is 0 Å². The summed E-state index contributed by atoms with van der Waals surface area (Å²) in [5.41, 5.74) is 5.05. The number of hydrogen-bond acceptors (Lipinski definition) is 6. The highest BCUT2D eigenvalue weighted by atomic mass is 32.2. The molecule has 1 aliphatic rings. The number of anilines is 1. The molecule has 0 bridgehead atoms. The van der Waals surface area contributed by atoms with Crippen molar-refractivity contribution >= 4 is 17.6 Å². The summed E-state index contributed by atoms with van der Waals surface area (Å²) in [6.07, 6.45) is 1.67. The molecule has 0 amide bonds. The second-order valence-electron chi connectivity index (χ2n) is 3.93. The first-order chi connectivity index (χ1) is 8.11. The molecule has 1 aliphatic heterocycles. The van der Waals surface area contributed by atoms with E-state index in [1.807, 2.05) is 0 Å². The summed E-state index contributed by atoms with van der Waals surface area (Å²) in [6.45, 7) is 0.472. The molecule has 0 unspecified atom stereocenters. The van der Waals surface area contributed by atoms with Gasteiger partial charge in [-0.05, 0) is 6.07 Å². The Labute approximate surface area is 103 Å². The van der Waals surface area contributed by atoms with Crippen LogP contribution < -0.4 is 11.4 Å². The number of nitrogens with zero attached hydrogens (tertiary/aromatic N) is 2. The number of aliphatic hydroxyl groups excluding tert-OH is 1. The van der Waals surface area contributed by atoms with Crippen molar-refractivity contribution in [2.75, 3.05) is 19.5 Å². The van der Waals surface area contributed by atoms with E-state index < -0.39 is 6.10 Å². The molecule has 1 aromatic heterocycles. The average molecular weight is 257 g/mol. The van der Waals surface area contributed by atoms with Gasteiger partial charge in [-0.15, -0.1) is 11.8 Å². The van der Waals surface area contributed by atoms with Gasteiger partial charge in [0.25, 0.3) is 0 Å². The first kappa shape index (κ1) is 12.4. The predicted molar refractivity (Wildman–Crippen MR) is 65.8 cm³/mol. The van der Waals surface area contributed by atoms with Gasteiger partial charge in [-0.25, -0.2) is 4.79 Å². The number of nitrogen functional groups attached to an aromatic ring is 1. The maximum absolute atomic E-state index is 11.6. The predicted octanol–water partition coefficient (Wildman–Crippen LogP) is -0.163. The zero-order chi connectivity index (χ0) is 12.4. The van der Waals surface area contributed by atoms with Gasteiger partial charge in [-0.3, -0.25) is 4.57 Å².